The fourth-order valence-electron chi connectivity index (χ4n) is 2.29. The van der Waals surface area contributed by atoms with Crippen molar-refractivity contribution in [2.75, 3.05) is 0 Å². The SMILES string of the molecule is C=C1C(=O)S[C@H](CCCCCCCC)[C@H]1C(=O)O. The highest BCUT2D eigenvalue weighted by molar-refractivity contribution is 8.15. The molecular formula is C14H22O3S. The molecule has 0 bridgehead atoms. The van der Waals surface area contributed by atoms with Gasteiger partial charge in [-0.05, 0) is 6.42 Å². The largest absolute Gasteiger partial charge is 0.481 e. The lowest BCUT2D eigenvalue weighted by Crippen LogP contribution is -2.22. The molecule has 1 heterocycles. The van der Waals surface area contributed by atoms with Crippen LogP contribution < -0.4 is 0 Å². The highest BCUT2D eigenvalue weighted by Gasteiger charge is 2.41. The quantitative estimate of drug-likeness (QED) is 0.540. The lowest BCUT2D eigenvalue weighted by atomic mass is 9.94. The molecule has 2 atom stereocenters. The number of carboxylic acids is 1. The second kappa shape index (κ2) is 7.62. The van der Waals surface area contributed by atoms with Gasteiger partial charge in [0.1, 0.15) is 0 Å². The molecule has 0 aromatic carbocycles. The van der Waals surface area contributed by atoms with Crippen LogP contribution in [0.4, 0.5) is 0 Å². The van der Waals surface area contributed by atoms with Gasteiger partial charge in [0, 0.05) is 10.8 Å². The van der Waals surface area contributed by atoms with Crippen LogP contribution in [-0.2, 0) is 9.59 Å². The van der Waals surface area contributed by atoms with Gasteiger partial charge in [0.25, 0.3) is 0 Å². The van der Waals surface area contributed by atoms with Crippen LogP contribution >= 0.6 is 11.8 Å². The maximum atomic E-state index is 11.5. The molecule has 1 aliphatic rings. The molecule has 4 heteroatoms. The summed E-state index contributed by atoms with van der Waals surface area (Å²) in [5.74, 6) is -1.58. The van der Waals surface area contributed by atoms with Gasteiger partial charge in [-0.1, -0.05) is 63.8 Å². The van der Waals surface area contributed by atoms with Crippen molar-refractivity contribution >= 4 is 22.8 Å². The van der Waals surface area contributed by atoms with Crippen molar-refractivity contribution in [1.29, 1.82) is 0 Å². The van der Waals surface area contributed by atoms with Crippen molar-refractivity contribution in [3.8, 4) is 0 Å². The van der Waals surface area contributed by atoms with E-state index in [1.54, 1.807) is 0 Å². The zero-order valence-electron chi connectivity index (χ0n) is 11.0. The Kier molecular flexibility index (Phi) is 6.47. The third-order valence-electron chi connectivity index (χ3n) is 3.38. The summed E-state index contributed by atoms with van der Waals surface area (Å²) in [5, 5.41) is 8.87. The normalized spacial score (nSPS) is 23.6. The highest BCUT2D eigenvalue weighted by Crippen LogP contribution is 2.40. The first-order valence-corrected chi connectivity index (χ1v) is 7.58. The molecule has 1 fully saturated rings. The Morgan fingerprint density at radius 2 is 1.89 bits per heavy atom. The van der Waals surface area contributed by atoms with Crippen LogP contribution in [0.15, 0.2) is 12.2 Å². The molecule has 18 heavy (non-hydrogen) atoms. The predicted octanol–water partition coefficient (Wildman–Crippen LogP) is 3.64. The molecule has 102 valence electrons. The number of carbonyl (C=O) groups is 2. The third-order valence-corrected chi connectivity index (χ3v) is 4.66. The van der Waals surface area contributed by atoms with Crippen LogP contribution in [-0.4, -0.2) is 21.4 Å². The maximum absolute atomic E-state index is 11.5. The van der Waals surface area contributed by atoms with Gasteiger partial charge in [-0.15, -0.1) is 0 Å². The van der Waals surface area contributed by atoms with E-state index in [0.29, 0.717) is 0 Å². The van der Waals surface area contributed by atoms with Crippen molar-refractivity contribution in [1.82, 2.24) is 0 Å². The standard InChI is InChI=1S/C14H22O3S/c1-3-4-5-6-7-8-9-11-12(13(15)16)10(2)14(17)18-11/h11-12H,2-9H2,1H3,(H,15,16)/t11-,12+/m1/s1. The topological polar surface area (TPSA) is 54.4 Å². The third kappa shape index (κ3) is 4.16. The Balaban J connectivity index is 2.30. The monoisotopic (exact) mass is 270 g/mol. The number of carbonyl (C=O) groups excluding carboxylic acids is 1. The van der Waals surface area contributed by atoms with Crippen LogP contribution in [0.1, 0.15) is 51.9 Å². The Morgan fingerprint density at radius 1 is 1.28 bits per heavy atom. The average Bonchev–Trinajstić information content (AvgIpc) is 2.59. The van der Waals surface area contributed by atoms with Gasteiger partial charge in [-0.25, -0.2) is 0 Å². The van der Waals surface area contributed by atoms with Gasteiger partial charge in [0.05, 0.1) is 5.92 Å². The molecule has 1 saturated heterocycles. The maximum Gasteiger partial charge on any atom is 0.312 e. The molecule has 0 aromatic rings. The lowest BCUT2D eigenvalue weighted by Gasteiger charge is -2.13. The summed E-state index contributed by atoms with van der Waals surface area (Å²) in [7, 11) is 0. The number of thioether (sulfide) groups is 1. The zero-order chi connectivity index (χ0) is 13.5. The molecule has 0 radical (unpaired) electrons. The summed E-state index contributed by atoms with van der Waals surface area (Å²) in [5.41, 5.74) is 0.267. The van der Waals surface area contributed by atoms with E-state index >= 15 is 0 Å². The summed E-state index contributed by atoms with van der Waals surface area (Å²) in [6, 6.07) is 0. The molecule has 0 aromatic heterocycles. The predicted molar refractivity (Wildman–Crippen MR) is 74.6 cm³/mol. The van der Waals surface area contributed by atoms with Crippen molar-refractivity contribution < 1.29 is 14.7 Å². The van der Waals surface area contributed by atoms with Crippen LogP contribution in [0.5, 0.6) is 0 Å². The fourth-order valence-corrected chi connectivity index (χ4v) is 3.55. The highest BCUT2D eigenvalue weighted by atomic mass is 32.2. The molecule has 1 N–H and O–H groups in total. The minimum atomic E-state index is -0.908. The Morgan fingerprint density at radius 3 is 2.50 bits per heavy atom. The molecule has 1 rings (SSSR count). The van der Waals surface area contributed by atoms with E-state index in [4.69, 9.17) is 5.11 Å². The molecule has 0 aliphatic carbocycles. The molecular weight excluding hydrogens is 248 g/mol. The number of hydrogen-bond acceptors (Lipinski definition) is 3. The molecule has 0 unspecified atom stereocenters. The van der Waals surface area contributed by atoms with E-state index in [1.165, 1.54) is 25.7 Å². The second-order valence-corrected chi connectivity index (χ2v) is 6.05. The minimum absolute atomic E-state index is 0.103. The van der Waals surface area contributed by atoms with Gasteiger partial charge < -0.3 is 5.11 Å². The van der Waals surface area contributed by atoms with Crippen molar-refractivity contribution in [3.05, 3.63) is 12.2 Å². The first-order valence-electron chi connectivity index (χ1n) is 6.70. The Hall–Kier alpha value is -0.770. The van der Waals surface area contributed by atoms with Crippen molar-refractivity contribution in [3.63, 3.8) is 0 Å². The smallest absolute Gasteiger partial charge is 0.312 e. The number of carboxylic acid groups (broad SMARTS) is 1. The summed E-state index contributed by atoms with van der Waals surface area (Å²) >= 11 is 1.16. The Bertz CT molecular complexity index is 325. The van der Waals surface area contributed by atoms with E-state index in [-0.39, 0.29) is 15.9 Å². The summed E-state index contributed by atoms with van der Waals surface area (Å²) in [4.78, 5) is 22.6. The van der Waals surface area contributed by atoms with Gasteiger partial charge in [-0.2, -0.15) is 0 Å². The number of unbranched alkanes of at least 4 members (excludes halogenated alkanes) is 5. The molecule has 0 spiro atoms. The summed E-state index contributed by atoms with van der Waals surface area (Å²) in [6.45, 7) is 5.79. The van der Waals surface area contributed by atoms with Gasteiger partial charge in [0.2, 0.25) is 5.12 Å². The molecule has 1 aliphatic heterocycles. The van der Waals surface area contributed by atoms with E-state index in [1.807, 2.05) is 0 Å². The van der Waals surface area contributed by atoms with Crippen molar-refractivity contribution in [2.45, 2.75) is 57.1 Å². The van der Waals surface area contributed by atoms with E-state index in [9.17, 15) is 9.59 Å². The first kappa shape index (κ1) is 15.3. The van der Waals surface area contributed by atoms with Gasteiger partial charge in [0.15, 0.2) is 0 Å². The lowest BCUT2D eigenvalue weighted by molar-refractivity contribution is -0.140. The van der Waals surface area contributed by atoms with Crippen molar-refractivity contribution in [2.24, 2.45) is 5.92 Å². The first-order chi connectivity index (χ1) is 8.57. The second-order valence-electron chi connectivity index (χ2n) is 4.84. The number of hydrogen-bond donors (Lipinski definition) is 1. The van der Waals surface area contributed by atoms with Crippen LogP contribution in [0.25, 0.3) is 0 Å². The van der Waals surface area contributed by atoms with E-state index in [0.717, 1.165) is 31.0 Å². The number of rotatable bonds is 8. The molecule has 0 amide bonds. The molecule has 3 nitrogen and oxygen atoms in total. The Labute approximate surface area is 113 Å². The summed E-state index contributed by atoms with van der Waals surface area (Å²) in [6.07, 6.45) is 7.90. The average molecular weight is 270 g/mol. The fraction of sp³-hybridized carbons (Fsp3) is 0.714. The minimum Gasteiger partial charge on any atom is -0.481 e. The van der Waals surface area contributed by atoms with Gasteiger partial charge in [-0.3, -0.25) is 9.59 Å². The van der Waals surface area contributed by atoms with E-state index in [2.05, 4.69) is 13.5 Å². The summed E-state index contributed by atoms with van der Waals surface area (Å²) < 4.78 is 0. The molecule has 0 saturated carbocycles. The van der Waals surface area contributed by atoms with Crippen LogP contribution in [0, 0.1) is 5.92 Å². The number of aliphatic carboxylic acids is 1. The van der Waals surface area contributed by atoms with E-state index < -0.39 is 11.9 Å². The van der Waals surface area contributed by atoms with Crippen LogP contribution in [0.3, 0.4) is 0 Å². The van der Waals surface area contributed by atoms with Gasteiger partial charge >= 0.3 is 5.97 Å². The zero-order valence-corrected chi connectivity index (χ0v) is 11.8. The van der Waals surface area contributed by atoms with Crippen LogP contribution in [0.2, 0.25) is 0 Å².